The van der Waals surface area contributed by atoms with Crippen LogP contribution in [0.2, 0.25) is 10.0 Å². The maximum atomic E-state index is 13.3. The fourth-order valence-corrected chi connectivity index (χ4v) is 5.60. The van der Waals surface area contributed by atoms with Crippen molar-refractivity contribution in [1.29, 1.82) is 0 Å². The Morgan fingerprint density at radius 1 is 1.17 bits per heavy atom. The standard InChI is InChI=1S/C28H30Cl2N8O4/c1-4-36-5-6-38(15(2)11-36)22-9-21(20(30)10-32-22)34-23(39)13-37-12-18(24-27(37)33-14-35(3)28(24)42)16-7-17(26(31)41)25(40)19(29)8-16/h7-10,12,14-15,40H,4-6,11,13H2,1-3H3,(H2,31,41)(H,32,34,39)/t15-/m0/s1. The van der Waals surface area contributed by atoms with Gasteiger partial charge in [-0.05, 0) is 31.2 Å². The van der Waals surface area contributed by atoms with E-state index in [0.717, 1.165) is 26.2 Å². The zero-order chi connectivity index (χ0) is 30.3. The number of nitrogens with zero attached hydrogens (tertiary/aromatic N) is 6. The number of carbonyl (C=O) groups is 2. The van der Waals surface area contributed by atoms with E-state index in [1.807, 2.05) is 0 Å². The van der Waals surface area contributed by atoms with E-state index in [2.05, 4.69) is 38.9 Å². The number of pyridine rings is 1. The van der Waals surface area contributed by atoms with Crippen molar-refractivity contribution in [3.63, 3.8) is 0 Å². The van der Waals surface area contributed by atoms with Gasteiger partial charge in [-0.2, -0.15) is 0 Å². The number of hydrogen-bond donors (Lipinski definition) is 3. The van der Waals surface area contributed by atoms with Gasteiger partial charge in [-0.1, -0.05) is 30.1 Å². The summed E-state index contributed by atoms with van der Waals surface area (Å²) in [4.78, 5) is 51.8. The van der Waals surface area contributed by atoms with Gasteiger partial charge < -0.3 is 30.2 Å². The lowest BCUT2D eigenvalue weighted by Gasteiger charge is -2.40. The SMILES string of the molecule is CCN1CCN(c2cc(NC(=O)Cn3cc(-c4cc(Cl)c(O)c(C(N)=O)c4)c4c(=O)n(C)cnc43)c(Cl)cn2)[C@@H](C)C1. The molecule has 0 bridgehead atoms. The van der Waals surface area contributed by atoms with E-state index in [0.29, 0.717) is 22.6 Å². The van der Waals surface area contributed by atoms with E-state index in [-0.39, 0.29) is 44.8 Å². The second kappa shape index (κ2) is 11.6. The molecule has 0 saturated carbocycles. The van der Waals surface area contributed by atoms with Gasteiger partial charge in [0.25, 0.3) is 11.5 Å². The third kappa shape index (κ3) is 5.52. The van der Waals surface area contributed by atoms with Crippen LogP contribution in [0, 0.1) is 0 Å². The van der Waals surface area contributed by atoms with Crippen LogP contribution in [0.4, 0.5) is 11.5 Å². The molecule has 3 aromatic heterocycles. The Kier molecular flexibility index (Phi) is 8.13. The van der Waals surface area contributed by atoms with Crippen molar-refractivity contribution in [2.45, 2.75) is 26.4 Å². The molecule has 1 aliphatic rings. The van der Waals surface area contributed by atoms with Gasteiger partial charge in [-0.15, -0.1) is 0 Å². The minimum absolute atomic E-state index is 0.116. The first-order valence-electron chi connectivity index (χ1n) is 13.3. The molecule has 2 amide bonds. The molecule has 0 unspecified atom stereocenters. The number of fused-ring (bicyclic) bond motifs is 1. The fourth-order valence-electron chi connectivity index (χ4n) is 5.23. The minimum atomic E-state index is -0.888. The van der Waals surface area contributed by atoms with Crippen molar-refractivity contribution in [1.82, 2.24) is 24.0 Å². The van der Waals surface area contributed by atoms with E-state index in [4.69, 9.17) is 28.9 Å². The molecule has 1 fully saturated rings. The third-order valence-electron chi connectivity index (χ3n) is 7.46. The number of carbonyl (C=O) groups excluding carboxylic acids is 2. The van der Waals surface area contributed by atoms with Crippen LogP contribution < -0.4 is 21.5 Å². The zero-order valence-electron chi connectivity index (χ0n) is 23.3. The summed E-state index contributed by atoms with van der Waals surface area (Å²) in [7, 11) is 1.55. The van der Waals surface area contributed by atoms with Gasteiger partial charge in [-0.25, -0.2) is 9.97 Å². The highest BCUT2D eigenvalue weighted by molar-refractivity contribution is 6.34. The van der Waals surface area contributed by atoms with Gasteiger partial charge in [-0.3, -0.25) is 19.3 Å². The molecule has 220 valence electrons. The number of aromatic hydroxyl groups is 1. The van der Waals surface area contributed by atoms with E-state index < -0.39 is 17.6 Å². The second-order valence-electron chi connectivity index (χ2n) is 10.3. The Morgan fingerprint density at radius 3 is 2.62 bits per heavy atom. The number of nitrogens with two attached hydrogens (primary N) is 1. The van der Waals surface area contributed by atoms with Crippen molar-refractivity contribution < 1.29 is 14.7 Å². The molecule has 0 spiro atoms. The molecule has 4 heterocycles. The zero-order valence-corrected chi connectivity index (χ0v) is 24.8. The van der Waals surface area contributed by atoms with Gasteiger partial charge in [0.1, 0.15) is 23.8 Å². The Bertz CT molecular complexity index is 1770. The van der Waals surface area contributed by atoms with E-state index in [9.17, 15) is 19.5 Å². The number of benzene rings is 1. The first-order valence-corrected chi connectivity index (χ1v) is 14.1. The molecule has 1 atom stereocenters. The first-order chi connectivity index (χ1) is 20.0. The fraction of sp³-hybridized carbons (Fsp3) is 0.321. The maximum absolute atomic E-state index is 13.3. The first kappa shape index (κ1) is 29.4. The second-order valence-corrected chi connectivity index (χ2v) is 11.1. The summed E-state index contributed by atoms with van der Waals surface area (Å²) in [5.74, 6) is -1.05. The van der Waals surface area contributed by atoms with Crippen LogP contribution in [0.5, 0.6) is 5.75 Å². The van der Waals surface area contributed by atoms with Crippen LogP contribution in [0.15, 0.2) is 41.7 Å². The van der Waals surface area contributed by atoms with Gasteiger partial charge in [0.05, 0.1) is 39.2 Å². The van der Waals surface area contributed by atoms with E-state index in [1.165, 1.54) is 33.8 Å². The van der Waals surface area contributed by atoms with Crippen molar-refractivity contribution >= 4 is 57.6 Å². The minimum Gasteiger partial charge on any atom is -0.506 e. The number of nitrogens with one attached hydrogen (secondary N) is 1. The number of halogens is 2. The molecule has 5 rings (SSSR count). The lowest BCUT2D eigenvalue weighted by Crippen LogP contribution is -2.52. The number of likely N-dealkylation sites (N-methyl/N-ethyl adjacent to an activating group) is 1. The van der Waals surface area contributed by atoms with Crippen LogP contribution in [0.1, 0.15) is 24.2 Å². The molecule has 1 aliphatic heterocycles. The lowest BCUT2D eigenvalue weighted by molar-refractivity contribution is -0.116. The third-order valence-corrected chi connectivity index (χ3v) is 8.05. The summed E-state index contributed by atoms with van der Waals surface area (Å²) in [6.07, 6.45) is 4.44. The van der Waals surface area contributed by atoms with Gasteiger partial charge >= 0.3 is 0 Å². The number of aryl methyl sites for hydroxylation is 1. The van der Waals surface area contributed by atoms with Crippen LogP contribution in [0.25, 0.3) is 22.2 Å². The Labute approximate surface area is 251 Å². The number of aromatic nitrogens is 4. The molecule has 4 aromatic rings. The molecule has 0 radical (unpaired) electrons. The number of anilines is 2. The quantitative estimate of drug-likeness (QED) is 0.288. The summed E-state index contributed by atoms with van der Waals surface area (Å²) in [5.41, 5.74) is 6.20. The highest BCUT2D eigenvalue weighted by Gasteiger charge is 2.25. The Hall–Kier alpha value is -4.13. The highest BCUT2D eigenvalue weighted by atomic mass is 35.5. The van der Waals surface area contributed by atoms with Crippen molar-refractivity contribution in [2.24, 2.45) is 12.8 Å². The molecule has 42 heavy (non-hydrogen) atoms. The van der Waals surface area contributed by atoms with E-state index >= 15 is 0 Å². The summed E-state index contributed by atoms with van der Waals surface area (Å²) >= 11 is 12.6. The number of rotatable bonds is 7. The van der Waals surface area contributed by atoms with Gasteiger partial charge in [0.2, 0.25) is 5.91 Å². The maximum Gasteiger partial charge on any atom is 0.263 e. The number of amides is 2. The predicted octanol–water partition coefficient (Wildman–Crippen LogP) is 3.08. The summed E-state index contributed by atoms with van der Waals surface area (Å²) in [6, 6.07) is 4.75. The Balaban J connectivity index is 1.47. The number of primary amides is 1. The molecule has 14 heteroatoms. The van der Waals surface area contributed by atoms with Gasteiger partial charge in [0, 0.05) is 50.6 Å². The summed E-state index contributed by atoms with van der Waals surface area (Å²) in [5, 5.41) is 13.4. The summed E-state index contributed by atoms with van der Waals surface area (Å²) < 4.78 is 2.82. The van der Waals surface area contributed by atoms with Crippen LogP contribution in [-0.2, 0) is 18.4 Å². The van der Waals surface area contributed by atoms with Crippen LogP contribution in [0.3, 0.4) is 0 Å². The Morgan fingerprint density at radius 2 is 1.93 bits per heavy atom. The van der Waals surface area contributed by atoms with E-state index in [1.54, 1.807) is 19.3 Å². The number of hydrogen-bond acceptors (Lipinski definition) is 8. The molecule has 1 aromatic carbocycles. The smallest absolute Gasteiger partial charge is 0.263 e. The van der Waals surface area contributed by atoms with Crippen molar-refractivity contribution in [2.75, 3.05) is 36.4 Å². The van der Waals surface area contributed by atoms with Crippen LogP contribution in [-0.4, -0.2) is 73.1 Å². The van der Waals surface area contributed by atoms with Gasteiger partial charge in [0.15, 0.2) is 0 Å². The van der Waals surface area contributed by atoms with Crippen molar-refractivity contribution in [3.8, 4) is 16.9 Å². The molecule has 0 aliphatic carbocycles. The topological polar surface area (TPSA) is 152 Å². The highest BCUT2D eigenvalue weighted by Crippen LogP contribution is 2.36. The molecule has 4 N–H and O–H groups in total. The molecule has 12 nitrogen and oxygen atoms in total. The average Bonchev–Trinajstić information content (AvgIpc) is 3.31. The number of piperazine rings is 1. The van der Waals surface area contributed by atoms with Crippen molar-refractivity contribution in [3.05, 3.63) is 62.9 Å². The lowest BCUT2D eigenvalue weighted by atomic mass is 10.0. The molecular weight excluding hydrogens is 583 g/mol. The number of phenols is 1. The summed E-state index contributed by atoms with van der Waals surface area (Å²) in [6.45, 7) is 7.67. The molecular formula is C28H30Cl2N8O4. The normalized spacial score (nSPS) is 15.7. The van der Waals surface area contributed by atoms with Crippen LogP contribution >= 0.6 is 23.2 Å². The monoisotopic (exact) mass is 612 g/mol. The average molecular weight is 614 g/mol. The largest absolute Gasteiger partial charge is 0.506 e. The predicted molar refractivity (Wildman–Crippen MR) is 162 cm³/mol. The molecule has 1 saturated heterocycles.